The zero-order chi connectivity index (χ0) is 21.7. The zero-order valence-corrected chi connectivity index (χ0v) is 18.2. The van der Waals surface area contributed by atoms with E-state index in [1.807, 2.05) is 18.2 Å². The minimum Gasteiger partial charge on any atom is -0.357 e. The molecule has 0 aromatic heterocycles. The SMILES string of the molecule is C=C(Nc1ccc(CC(C)(F)F)cc1)N(C)C1CN(Cc2ccccc2)CCC1C. The van der Waals surface area contributed by atoms with Crippen molar-refractivity contribution in [1.29, 1.82) is 0 Å². The smallest absolute Gasteiger partial charge is 0.249 e. The largest absolute Gasteiger partial charge is 0.357 e. The maximum absolute atomic E-state index is 13.2. The Balaban J connectivity index is 1.58. The molecule has 5 heteroatoms. The van der Waals surface area contributed by atoms with Crippen molar-refractivity contribution in [2.45, 2.75) is 45.2 Å². The Morgan fingerprint density at radius 2 is 1.80 bits per heavy atom. The lowest BCUT2D eigenvalue weighted by atomic mass is 9.92. The van der Waals surface area contributed by atoms with Crippen molar-refractivity contribution in [2.24, 2.45) is 5.92 Å². The van der Waals surface area contributed by atoms with Crippen molar-refractivity contribution in [3.05, 3.63) is 78.1 Å². The number of halogens is 2. The van der Waals surface area contributed by atoms with Crippen LogP contribution in [0.25, 0.3) is 0 Å². The fourth-order valence-electron chi connectivity index (χ4n) is 4.12. The van der Waals surface area contributed by atoms with Crippen molar-refractivity contribution < 1.29 is 8.78 Å². The standard InChI is InChI=1S/C25H33F2N3/c1-19-14-15-30(17-22-8-6-5-7-9-22)18-24(19)29(4)20(2)28-23-12-10-21(11-13-23)16-25(3,26)27/h5-13,19,24,28H,2,14-18H2,1,3-4H3. The molecule has 1 N–H and O–H groups in total. The van der Waals surface area contributed by atoms with Gasteiger partial charge in [-0.2, -0.15) is 0 Å². The van der Waals surface area contributed by atoms with Gasteiger partial charge in [0.1, 0.15) is 0 Å². The van der Waals surface area contributed by atoms with E-state index in [0.29, 0.717) is 17.5 Å². The number of piperidine rings is 1. The number of likely N-dealkylation sites (tertiary alicyclic amines) is 1. The van der Waals surface area contributed by atoms with E-state index in [4.69, 9.17) is 0 Å². The number of alkyl halides is 2. The van der Waals surface area contributed by atoms with Gasteiger partial charge in [0.25, 0.3) is 0 Å². The average molecular weight is 414 g/mol. The van der Waals surface area contributed by atoms with E-state index >= 15 is 0 Å². The van der Waals surface area contributed by atoms with Crippen LogP contribution in [0.15, 0.2) is 67.0 Å². The van der Waals surface area contributed by atoms with Gasteiger partial charge in [-0.25, -0.2) is 8.78 Å². The summed E-state index contributed by atoms with van der Waals surface area (Å²) in [6.07, 6.45) is 0.903. The Hall–Kier alpha value is -2.40. The lowest BCUT2D eigenvalue weighted by Gasteiger charge is -2.43. The third-order valence-corrected chi connectivity index (χ3v) is 5.93. The Bertz CT molecular complexity index is 815. The van der Waals surface area contributed by atoms with E-state index in [-0.39, 0.29) is 6.42 Å². The monoisotopic (exact) mass is 413 g/mol. The summed E-state index contributed by atoms with van der Waals surface area (Å²) in [5.74, 6) is -1.31. The number of hydrogen-bond acceptors (Lipinski definition) is 3. The van der Waals surface area contributed by atoms with Gasteiger partial charge in [0.05, 0.1) is 5.82 Å². The van der Waals surface area contributed by atoms with Gasteiger partial charge in [-0.05, 0) is 49.1 Å². The maximum Gasteiger partial charge on any atom is 0.249 e. The molecule has 0 bridgehead atoms. The maximum atomic E-state index is 13.2. The summed E-state index contributed by atoms with van der Waals surface area (Å²) >= 11 is 0. The molecule has 162 valence electrons. The molecule has 1 aliphatic rings. The van der Waals surface area contributed by atoms with Gasteiger partial charge in [-0.3, -0.25) is 4.90 Å². The van der Waals surface area contributed by atoms with Crippen LogP contribution in [0.1, 0.15) is 31.4 Å². The van der Waals surface area contributed by atoms with Gasteiger partial charge in [-0.15, -0.1) is 0 Å². The number of hydrogen-bond donors (Lipinski definition) is 1. The molecule has 1 saturated heterocycles. The lowest BCUT2D eigenvalue weighted by molar-refractivity contribution is 0.0226. The highest BCUT2D eigenvalue weighted by atomic mass is 19.3. The van der Waals surface area contributed by atoms with Gasteiger partial charge in [0, 0.05) is 38.3 Å². The molecule has 0 saturated carbocycles. The van der Waals surface area contributed by atoms with Crippen LogP contribution in [0, 0.1) is 5.92 Å². The molecule has 0 spiro atoms. The number of benzene rings is 2. The van der Waals surface area contributed by atoms with E-state index in [1.54, 1.807) is 12.1 Å². The molecule has 2 aromatic carbocycles. The molecule has 0 amide bonds. The number of likely N-dealkylation sites (N-methyl/N-ethyl adjacent to an activating group) is 1. The van der Waals surface area contributed by atoms with Crippen molar-refractivity contribution in [3.8, 4) is 0 Å². The molecule has 1 fully saturated rings. The molecule has 1 heterocycles. The first kappa shape index (κ1) is 22.3. The number of anilines is 1. The van der Waals surface area contributed by atoms with Crippen molar-refractivity contribution >= 4 is 5.69 Å². The van der Waals surface area contributed by atoms with Gasteiger partial charge >= 0.3 is 0 Å². The molecule has 30 heavy (non-hydrogen) atoms. The normalized spacial score (nSPS) is 20.0. The highest BCUT2D eigenvalue weighted by Gasteiger charge is 2.30. The van der Waals surface area contributed by atoms with Crippen molar-refractivity contribution in [1.82, 2.24) is 9.80 Å². The van der Waals surface area contributed by atoms with Crippen LogP contribution in [0.2, 0.25) is 0 Å². The second-order valence-electron chi connectivity index (χ2n) is 8.68. The van der Waals surface area contributed by atoms with Crippen molar-refractivity contribution in [2.75, 3.05) is 25.5 Å². The second kappa shape index (κ2) is 9.61. The van der Waals surface area contributed by atoms with Crippen LogP contribution in [-0.2, 0) is 13.0 Å². The molecule has 0 aliphatic carbocycles. The predicted molar refractivity (Wildman–Crippen MR) is 121 cm³/mol. The van der Waals surface area contributed by atoms with Gasteiger partial charge in [0.2, 0.25) is 5.92 Å². The van der Waals surface area contributed by atoms with Crippen LogP contribution in [0.4, 0.5) is 14.5 Å². The number of rotatable bonds is 8. The van der Waals surface area contributed by atoms with E-state index < -0.39 is 5.92 Å². The number of nitrogens with zero attached hydrogens (tertiary/aromatic N) is 2. The summed E-state index contributed by atoms with van der Waals surface area (Å²) in [7, 11) is 2.08. The molecule has 0 radical (unpaired) electrons. The topological polar surface area (TPSA) is 18.5 Å². The Kier molecular flexibility index (Phi) is 7.14. The van der Waals surface area contributed by atoms with Crippen LogP contribution in [0.5, 0.6) is 0 Å². The summed E-state index contributed by atoms with van der Waals surface area (Å²) < 4.78 is 26.4. The molecule has 2 unspecified atom stereocenters. The summed E-state index contributed by atoms with van der Waals surface area (Å²) in [4.78, 5) is 4.72. The lowest BCUT2D eigenvalue weighted by Crippen LogP contribution is -2.50. The van der Waals surface area contributed by atoms with Crippen LogP contribution in [0.3, 0.4) is 0 Å². The van der Waals surface area contributed by atoms with Gasteiger partial charge in [-0.1, -0.05) is 56.0 Å². The summed E-state index contributed by atoms with van der Waals surface area (Å²) in [6.45, 7) is 10.5. The first-order chi connectivity index (χ1) is 14.2. The minimum absolute atomic E-state index is 0.245. The summed E-state index contributed by atoms with van der Waals surface area (Å²) in [5, 5.41) is 3.34. The molecule has 1 aliphatic heterocycles. The third kappa shape index (κ3) is 6.30. The average Bonchev–Trinajstić information content (AvgIpc) is 2.70. The van der Waals surface area contributed by atoms with Gasteiger partial charge in [0.15, 0.2) is 0 Å². The Labute approximate surface area is 179 Å². The Morgan fingerprint density at radius 1 is 1.13 bits per heavy atom. The second-order valence-corrected chi connectivity index (χ2v) is 8.68. The molecule has 3 nitrogen and oxygen atoms in total. The minimum atomic E-state index is -2.69. The van der Waals surface area contributed by atoms with E-state index in [2.05, 4.69) is 59.9 Å². The van der Waals surface area contributed by atoms with Crippen molar-refractivity contribution in [3.63, 3.8) is 0 Å². The first-order valence-corrected chi connectivity index (χ1v) is 10.6. The zero-order valence-electron chi connectivity index (χ0n) is 18.2. The molecule has 2 atom stereocenters. The van der Waals surface area contributed by atoms with E-state index in [0.717, 1.165) is 44.5 Å². The number of nitrogens with one attached hydrogen (secondary N) is 1. The quantitative estimate of drug-likeness (QED) is 0.607. The fraction of sp³-hybridized carbons (Fsp3) is 0.440. The van der Waals surface area contributed by atoms with Crippen LogP contribution in [-0.4, -0.2) is 41.9 Å². The van der Waals surface area contributed by atoms with Crippen LogP contribution < -0.4 is 5.32 Å². The van der Waals surface area contributed by atoms with E-state index in [1.165, 1.54) is 5.56 Å². The molecule has 2 aromatic rings. The molecule has 3 rings (SSSR count). The first-order valence-electron chi connectivity index (χ1n) is 10.6. The van der Waals surface area contributed by atoms with Gasteiger partial charge < -0.3 is 10.2 Å². The molecular formula is C25H33F2N3. The van der Waals surface area contributed by atoms with Crippen LogP contribution >= 0.6 is 0 Å². The molecular weight excluding hydrogens is 380 g/mol. The summed E-state index contributed by atoms with van der Waals surface area (Å²) in [5.41, 5.74) is 2.83. The fourth-order valence-corrected chi connectivity index (χ4v) is 4.12. The Morgan fingerprint density at radius 3 is 2.43 bits per heavy atom. The highest BCUT2D eigenvalue weighted by molar-refractivity contribution is 5.48. The third-order valence-electron chi connectivity index (χ3n) is 5.93. The highest BCUT2D eigenvalue weighted by Crippen LogP contribution is 2.26. The van der Waals surface area contributed by atoms with E-state index in [9.17, 15) is 8.78 Å². The predicted octanol–water partition coefficient (Wildman–Crippen LogP) is 5.61. The summed E-state index contributed by atoms with van der Waals surface area (Å²) in [6, 6.07) is 18.1.